The van der Waals surface area contributed by atoms with Crippen LogP contribution in [0.3, 0.4) is 0 Å². The summed E-state index contributed by atoms with van der Waals surface area (Å²) in [5.74, 6) is 0.634. The molecule has 2 aromatic carbocycles. The summed E-state index contributed by atoms with van der Waals surface area (Å²) in [6.07, 6.45) is -1.30. The molecule has 0 radical (unpaired) electrons. The molecule has 0 unspecified atom stereocenters. The maximum atomic E-state index is 12.8. The lowest BCUT2D eigenvalue weighted by Crippen LogP contribution is -2.06. The zero-order valence-corrected chi connectivity index (χ0v) is 11.2. The van der Waals surface area contributed by atoms with E-state index < -0.39 is 11.7 Å². The fraction of sp³-hybridized carbons (Fsp3) is 0.250. The molecule has 2 aromatic rings. The molecule has 2 nitrogen and oxygen atoms in total. The van der Waals surface area contributed by atoms with E-state index in [1.165, 1.54) is 17.2 Å². The highest BCUT2D eigenvalue weighted by molar-refractivity contribution is 5.50. The number of fused-ring (bicyclic) bond motifs is 1. The van der Waals surface area contributed by atoms with Crippen molar-refractivity contribution in [2.45, 2.75) is 25.4 Å². The summed E-state index contributed by atoms with van der Waals surface area (Å²) in [6.45, 7) is 0. The second-order valence-corrected chi connectivity index (χ2v) is 5.17. The minimum absolute atomic E-state index is 0.0287. The van der Waals surface area contributed by atoms with Crippen LogP contribution < -0.4 is 10.5 Å². The Morgan fingerprint density at radius 1 is 0.905 bits per heavy atom. The van der Waals surface area contributed by atoms with Crippen molar-refractivity contribution in [1.29, 1.82) is 0 Å². The van der Waals surface area contributed by atoms with Crippen molar-refractivity contribution in [3.8, 4) is 11.5 Å². The van der Waals surface area contributed by atoms with E-state index in [-0.39, 0.29) is 11.4 Å². The molecule has 3 rings (SSSR count). The molecule has 0 atom stereocenters. The average molecular weight is 293 g/mol. The van der Waals surface area contributed by atoms with Gasteiger partial charge in [-0.1, -0.05) is 6.07 Å². The van der Waals surface area contributed by atoms with Gasteiger partial charge in [0, 0.05) is 11.8 Å². The first-order valence-corrected chi connectivity index (χ1v) is 6.69. The lowest BCUT2D eigenvalue weighted by atomic mass is 10.1. The van der Waals surface area contributed by atoms with E-state index >= 15 is 0 Å². The fourth-order valence-corrected chi connectivity index (χ4v) is 2.59. The van der Waals surface area contributed by atoms with Crippen molar-refractivity contribution in [2.24, 2.45) is 0 Å². The summed E-state index contributed by atoms with van der Waals surface area (Å²) in [4.78, 5) is 0. The van der Waals surface area contributed by atoms with Gasteiger partial charge in [-0.2, -0.15) is 13.2 Å². The van der Waals surface area contributed by atoms with E-state index in [4.69, 9.17) is 10.5 Å². The first-order valence-electron chi connectivity index (χ1n) is 6.69. The van der Waals surface area contributed by atoms with Crippen LogP contribution in [0.1, 0.15) is 23.1 Å². The number of nitrogens with two attached hydrogens (primary N) is 1. The Hall–Kier alpha value is -2.17. The van der Waals surface area contributed by atoms with E-state index in [1.54, 1.807) is 6.07 Å². The number of rotatable bonds is 2. The molecule has 0 aliphatic heterocycles. The molecule has 0 spiro atoms. The van der Waals surface area contributed by atoms with E-state index in [2.05, 4.69) is 0 Å². The number of halogens is 3. The topological polar surface area (TPSA) is 35.2 Å². The van der Waals surface area contributed by atoms with Crippen LogP contribution in [-0.2, 0) is 19.0 Å². The number of aryl methyl sites for hydroxylation is 2. The Morgan fingerprint density at radius 3 is 2.43 bits per heavy atom. The average Bonchev–Trinajstić information content (AvgIpc) is 2.84. The summed E-state index contributed by atoms with van der Waals surface area (Å²) in [6, 6.07) is 8.88. The van der Waals surface area contributed by atoms with E-state index in [0.29, 0.717) is 5.75 Å². The highest BCUT2D eigenvalue weighted by Crippen LogP contribution is 2.35. The second-order valence-electron chi connectivity index (χ2n) is 5.17. The van der Waals surface area contributed by atoms with Crippen LogP contribution in [-0.4, -0.2) is 0 Å². The fourth-order valence-electron chi connectivity index (χ4n) is 2.59. The zero-order valence-electron chi connectivity index (χ0n) is 11.2. The third kappa shape index (κ3) is 2.96. The Kier molecular flexibility index (Phi) is 3.27. The van der Waals surface area contributed by atoms with Crippen LogP contribution in [0, 0.1) is 0 Å². The molecule has 0 aromatic heterocycles. The summed E-state index contributed by atoms with van der Waals surface area (Å²) in [5, 5.41) is 0. The predicted octanol–water partition coefficient (Wildman–Crippen LogP) is 4.57. The molecule has 5 heteroatoms. The van der Waals surface area contributed by atoms with Crippen molar-refractivity contribution in [3.05, 3.63) is 53.1 Å². The minimum atomic E-state index is -4.44. The third-order valence-electron chi connectivity index (χ3n) is 3.56. The van der Waals surface area contributed by atoms with Gasteiger partial charge in [-0.05, 0) is 54.7 Å². The van der Waals surface area contributed by atoms with Crippen molar-refractivity contribution < 1.29 is 17.9 Å². The molecule has 0 amide bonds. The summed E-state index contributed by atoms with van der Waals surface area (Å²) in [7, 11) is 0. The SMILES string of the molecule is Nc1cc(Oc2ccc3c(c2)CCC3)cc(C(F)(F)F)c1. The molecule has 110 valence electrons. The molecule has 0 saturated carbocycles. The molecule has 21 heavy (non-hydrogen) atoms. The summed E-state index contributed by atoms with van der Waals surface area (Å²) < 4.78 is 43.8. The number of ether oxygens (including phenoxy) is 1. The largest absolute Gasteiger partial charge is 0.457 e. The van der Waals surface area contributed by atoms with Gasteiger partial charge in [0.15, 0.2) is 0 Å². The standard InChI is InChI=1S/C16H14F3NO/c17-16(18,19)12-7-13(20)9-15(8-12)21-14-5-4-10-2-1-3-11(10)6-14/h4-9H,1-3,20H2. The highest BCUT2D eigenvalue weighted by Gasteiger charge is 2.31. The Balaban J connectivity index is 1.89. The molecular formula is C16H14F3NO. The Morgan fingerprint density at radius 2 is 1.67 bits per heavy atom. The van der Waals surface area contributed by atoms with Crippen molar-refractivity contribution in [2.75, 3.05) is 5.73 Å². The lowest BCUT2D eigenvalue weighted by Gasteiger charge is -2.12. The molecule has 0 fully saturated rings. The predicted molar refractivity (Wildman–Crippen MR) is 74.4 cm³/mol. The molecular weight excluding hydrogens is 279 g/mol. The Labute approximate surface area is 120 Å². The van der Waals surface area contributed by atoms with Crippen molar-refractivity contribution >= 4 is 5.69 Å². The first-order chi connectivity index (χ1) is 9.91. The molecule has 1 aliphatic rings. The van der Waals surface area contributed by atoms with Gasteiger partial charge in [-0.15, -0.1) is 0 Å². The van der Waals surface area contributed by atoms with Crippen LogP contribution in [0.4, 0.5) is 18.9 Å². The van der Waals surface area contributed by atoms with Gasteiger partial charge in [-0.3, -0.25) is 0 Å². The van der Waals surface area contributed by atoms with Crippen molar-refractivity contribution in [1.82, 2.24) is 0 Å². The van der Waals surface area contributed by atoms with Gasteiger partial charge in [0.2, 0.25) is 0 Å². The minimum Gasteiger partial charge on any atom is -0.457 e. The van der Waals surface area contributed by atoms with Gasteiger partial charge in [0.1, 0.15) is 11.5 Å². The molecule has 0 bridgehead atoms. The van der Waals surface area contributed by atoms with E-state index in [9.17, 15) is 13.2 Å². The van der Waals surface area contributed by atoms with E-state index in [0.717, 1.165) is 31.4 Å². The lowest BCUT2D eigenvalue weighted by molar-refractivity contribution is -0.137. The monoisotopic (exact) mass is 293 g/mol. The van der Waals surface area contributed by atoms with Crippen LogP contribution in [0.15, 0.2) is 36.4 Å². The van der Waals surface area contributed by atoms with Crippen LogP contribution in [0.25, 0.3) is 0 Å². The molecule has 0 heterocycles. The zero-order chi connectivity index (χ0) is 15.0. The maximum absolute atomic E-state index is 12.8. The smallest absolute Gasteiger partial charge is 0.416 e. The van der Waals surface area contributed by atoms with Gasteiger partial charge >= 0.3 is 6.18 Å². The first kappa shape index (κ1) is 13.8. The van der Waals surface area contributed by atoms with Crippen LogP contribution in [0.2, 0.25) is 0 Å². The highest BCUT2D eigenvalue weighted by atomic mass is 19.4. The van der Waals surface area contributed by atoms with Crippen molar-refractivity contribution in [3.63, 3.8) is 0 Å². The molecule has 1 aliphatic carbocycles. The quantitative estimate of drug-likeness (QED) is 0.823. The third-order valence-corrected chi connectivity index (χ3v) is 3.56. The number of benzene rings is 2. The normalized spacial score (nSPS) is 14.0. The Bertz CT molecular complexity index is 680. The number of nitrogen functional groups attached to an aromatic ring is 1. The summed E-state index contributed by atoms with van der Waals surface area (Å²) >= 11 is 0. The number of hydrogen-bond donors (Lipinski definition) is 1. The number of anilines is 1. The molecule has 0 saturated heterocycles. The maximum Gasteiger partial charge on any atom is 0.416 e. The van der Waals surface area contributed by atoms with E-state index in [1.807, 2.05) is 12.1 Å². The second kappa shape index (κ2) is 4.98. The van der Waals surface area contributed by atoms with Gasteiger partial charge in [0.25, 0.3) is 0 Å². The van der Waals surface area contributed by atoms with Gasteiger partial charge in [-0.25, -0.2) is 0 Å². The van der Waals surface area contributed by atoms with Gasteiger partial charge in [0.05, 0.1) is 5.56 Å². The number of hydrogen-bond acceptors (Lipinski definition) is 2. The van der Waals surface area contributed by atoms with Crippen LogP contribution >= 0.6 is 0 Å². The van der Waals surface area contributed by atoms with Gasteiger partial charge < -0.3 is 10.5 Å². The number of alkyl halides is 3. The summed E-state index contributed by atoms with van der Waals surface area (Å²) in [5.41, 5.74) is 7.23. The van der Waals surface area contributed by atoms with Crippen LogP contribution in [0.5, 0.6) is 11.5 Å². The molecule has 2 N–H and O–H groups in total.